The predicted octanol–water partition coefficient (Wildman–Crippen LogP) is 3.73. The van der Waals surface area contributed by atoms with Crippen molar-refractivity contribution in [3.8, 4) is 0 Å². The first kappa shape index (κ1) is 13.2. The largest absolute Gasteiger partial charge is 0.358 e. The molecule has 0 saturated heterocycles. The van der Waals surface area contributed by atoms with Crippen LogP contribution in [-0.2, 0) is 9.63 Å². The number of rotatable bonds is 4. The van der Waals surface area contributed by atoms with Gasteiger partial charge in [0.2, 0.25) is 0 Å². The van der Waals surface area contributed by atoms with E-state index in [4.69, 9.17) is 4.84 Å². The molecule has 0 atom stereocenters. The van der Waals surface area contributed by atoms with Crippen molar-refractivity contribution in [3.05, 3.63) is 64.4 Å². The van der Waals surface area contributed by atoms with Gasteiger partial charge < -0.3 is 4.84 Å². The number of carbonyl (C=O) groups is 1. The van der Waals surface area contributed by atoms with E-state index in [9.17, 15) is 4.79 Å². The van der Waals surface area contributed by atoms with Gasteiger partial charge in [-0.2, -0.15) is 0 Å². The van der Waals surface area contributed by atoms with E-state index in [-0.39, 0.29) is 0 Å². The molecule has 2 rings (SSSR count). The highest BCUT2D eigenvalue weighted by Gasteiger charge is 2.00. The number of hydrogen-bond acceptors (Lipinski definition) is 4. The van der Waals surface area contributed by atoms with Crippen molar-refractivity contribution in [1.82, 2.24) is 0 Å². The van der Waals surface area contributed by atoms with Crippen molar-refractivity contribution in [2.75, 3.05) is 0 Å². The van der Waals surface area contributed by atoms with Crippen molar-refractivity contribution in [1.29, 1.82) is 0 Å². The molecule has 2 aromatic rings. The number of nitrogens with zero attached hydrogens (tertiary/aromatic N) is 1. The standard InChI is InChI=1S/C15H13NO2S/c1-12(14-8-5-11-19-14)16-18-15(17)10-9-13-6-3-2-4-7-13/h2-11H,1H3/b10-9+,16-12-. The molecule has 1 aromatic heterocycles. The quantitative estimate of drug-likeness (QED) is 0.368. The van der Waals surface area contributed by atoms with Crippen molar-refractivity contribution < 1.29 is 9.63 Å². The van der Waals surface area contributed by atoms with E-state index in [0.717, 1.165) is 10.4 Å². The molecular weight excluding hydrogens is 258 g/mol. The molecule has 1 heterocycles. The summed E-state index contributed by atoms with van der Waals surface area (Å²) in [7, 11) is 0. The van der Waals surface area contributed by atoms with E-state index < -0.39 is 5.97 Å². The van der Waals surface area contributed by atoms with Crippen molar-refractivity contribution in [2.45, 2.75) is 6.92 Å². The number of oxime groups is 1. The van der Waals surface area contributed by atoms with Crippen LogP contribution in [0.3, 0.4) is 0 Å². The molecule has 0 bridgehead atoms. The van der Waals surface area contributed by atoms with E-state index in [2.05, 4.69) is 5.16 Å². The Morgan fingerprint density at radius 3 is 2.68 bits per heavy atom. The Balaban J connectivity index is 1.92. The van der Waals surface area contributed by atoms with Crippen LogP contribution >= 0.6 is 11.3 Å². The Bertz CT molecular complexity index is 586. The zero-order valence-corrected chi connectivity index (χ0v) is 11.3. The molecule has 4 heteroatoms. The lowest BCUT2D eigenvalue weighted by molar-refractivity contribution is -0.137. The predicted molar refractivity (Wildman–Crippen MR) is 78.1 cm³/mol. The lowest BCUT2D eigenvalue weighted by atomic mass is 10.2. The summed E-state index contributed by atoms with van der Waals surface area (Å²) in [4.78, 5) is 17.3. The minimum absolute atomic E-state index is 0.486. The van der Waals surface area contributed by atoms with Crippen molar-refractivity contribution in [2.24, 2.45) is 5.16 Å². The maximum atomic E-state index is 11.5. The summed E-state index contributed by atoms with van der Waals surface area (Å²) < 4.78 is 0. The maximum absolute atomic E-state index is 11.5. The van der Waals surface area contributed by atoms with Crippen LogP contribution in [0.25, 0.3) is 6.08 Å². The van der Waals surface area contributed by atoms with E-state index in [1.54, 1.807) is 24.3 Å². The van der Waals surface area contributed by atoms with Gasteiger partial charge in [-0.05, 0) is 30.0 Å². The Hall–Kier alpha value is -2.20. The van der Waals surface area contributed by atoms with Gasteiger partial charge in [-0.1, -0.05) is 41.6 Å². The first-order chi connectivity index (χ1) is 9.25. The second-order valence-corrected chi connectivity index (χ2v) is 4.76. The van der Waals surface area contributed by atoms with Crippen LogP contribution in [0.1, 0.15) is 17.4 Å². The molecule has 0 radical (unpaired) electrons. The van der Waals surface area contributed by atoms with Crippen LogP contribution in [0.15, 0.2) is 59.1 Å². The second-order valence-electron chi connectivity index (χ2n) is 3.81. The molecule has 0 aliphatic rings. The first-order valence-electron chi connectivity index (χ1n) is 5.78. The van der Waals surface area contributed by atoms with E-state index in [1.165, 1.54) is 6.08 Å². The monoisotopic (exact) mass is 271 g/mol. The molecule has 0 saturated carbocycles. The van der Waals surface area contributed by atoms with E-state index >= 15 is 0 Å². The van der Waals surface area contributed by atoms with E-state index in [1.807, 2.05) is 47.8 Å². The lowest BCUT2D eigenvalue weighted by Gasteiger charge is -1.95. The van der Waals surface area contributed by atoms with Gasteiger partial charge in [0.25, 0.3) is 0 Å². The number of hydrogen-bond donors (Lipinski definition) is 0. The van der Waals surface area contributed by atoms with Gasteiger partial charge in [-0.15, -0.1) is 11.3 Å². The Kier molecular flexibility index (Phi) is 4.64. The highest BCUT2D eigenvalue weighted by Crippen LogP contribution is 2.10. The summed E-state index contributed by atoms with van der Waals surface area (Å²) in [5.41, 5.74) is 1.63. The third kappa shape index (κ3) is 4.19. The van der Waals surface area contributed by atoms with E-state index in [0.29, 0.717) is 5.71 Å². The minimum Gasteiger partial charge on any atom is -0.313 e. The summed E-state index contributed by atoms with van der Waals surface area (Å²) >= 11 is 1.55. The molecule has 19 heavy (non-hydrogen) atoms. The number of thiophene rings is 1. The Morgan fingerprint density at radius 1 is 1.21 bits per heavy atom. The molecule has 0 spiro atoms. The van der Waals surface area contributed by atoms with Gasteiger partial charge in [-0.25, -0.2) is 4.79 Å². The SMILES string of the molecule is C/C(=N/OC(=O)/C=C/c1ccccc1)c1cccs1. The third-order valence-corrected chi connectivity index (χ3v) is 3.34. The Labute approximate surface area is 115 Å². The third-order valence-electron chi connectivity index (χ3n) is 2.36. The van der Waals surface area contributed by atoms with Crippen molar-refractivity contribution in [3.63, 3.8) is 0 Å². The molecule has 0 aliphatic carbocycles. The van der Waals surface area contributed by atoms with Crippen LogP contribution in [0.4, 0.5) is 0 Å². The molecule has 0 unspecified atom stereocenters. The van der Waals surface area contributed by atoms with Crippen LogP contribution in [0.5, 0.6) is 0 Å². The number of benzene rings is 1. The van der Waals surface area contributed by atoms with Crippen LogP contribution in [0.2, 0.25) is 0 Å². The summed E-state index contributed by atoms with van der Waals surface area (Å²) in [6.07, 6.45) is 3.05. The summed E-state index contributed by atoms with van der Waals surface area (Å²) in [6.45, 7) is 1.81. The fraction of sp³-hybridized carbons (Fsp3) is 0.0667. The van der Waals surface area contributed by atoms with Crippen LogP contribution in [0, 0.1) is 0 Å². The fourth-order valence-electron chi connectivity index (χ4n) is 1.40. The second kappa shape index (κ2) is 6.66. The maximum Gasteiger partial charge on any atom is 0.358 e. The normalized spacial score (nSPS) is 11.7. The van der Waals surface area contributed by atoms with Gasteiger partial charge in [0, 0.05) is 6.08 Å². The number of carbonyl (C=O) groups excluding carboxylic acids is 1. The Morgan fingerprint density at radius 2 is 2.00 bits per heavy atom. The molecule has 0 aliphatic heterocycles. The molecule has 96 valence electrons. The average Bonchev–Trinajstić information content (AvgIpc) is 2.98. The molecule has 3 nitrogen and oxygen atoms in total. The molecule has 0 amide bonds. The van der Waals surface area contributed by atoms with Crippen molar-refractivity contribution >= 4 is 29.1 Å². The first-order valence-corrected chi connectivity index (χ1v) is 6.66. The smallest absolute Gasteiger partial charge is 0.313 e. The summed E-state index contributed by atoms with van der Waals surface area (Å²) in [5, 5.41) is 5.75. The van der Waals surface area contributed by atoms with Gasteiger partial charge in [0.05, 0.1) is 10.6 Å². The molecule has 1 aromatic carbocycles. The minimum atomic E-state index is -0.486. The van der Waals surface area contributed by atoms with Gasteiger partial charge >= 0.3 is 5.97 Å². The molecule has 0 N–H and O–H groups in total. The molecule has 0 fully saturated rings. The zero-order valence-electron chi connectivity index (χ0n) is 10.4. The lowest BCUT2D eigenvalue weighted by Crippen LogP contribution is -1.98. The highest BCUT2D eigenvalue weighted by molar-refractivity contribution is 7.12. The summed E-state index contributed by atoms with van der Waals surface area (Å²) in [6, 6.07) is 13.4. The zero-order chi connectivity index (χ0) is 13.5. The summed E-state index contributed by atoms with van der Waals surface area (Å²) in [5.74, 6) is -0.486. The van der Waals surface area contributed by atoms with Gasteiger partial charge in [0.15, 0.2) is 0 Å². The van der Waals surface area contributed by atoms with Gasteiger partial charge in [0.1, 0.15) is 0 Å². The average molecular weight is 271 g/mol. The van der Waals surface area contributed by atoms with Crippen LogP contribution < -0.4 is 0 Å². The topological polar surface area (TPSA) is 38.7 Å². The molecular formula is C15H13NO2S. The van der Waals surface area contributed by atoms with Crippen LogP contribution in [-0.4, -0.2) is 11.7 Å². The van der Waals surface area contributed by atoms with Gasteiger partial charge in [-0.3, -0.25) is 0 Å². The highest BCUT2D eigenvalue weighted by atomic mass is 32.1. The fourth-order valence-corrected chi connectivity index (χ4v) is 2.07.